The van der Waals surface area contributed by atoms with Crippen LogP contribution in [0.2, 0.25) is 0 Å². The number of ether oxygens (including phenoxy) is 1. The van der Waals surface area contributed by atoms with Crippen molar-refractivity contribution >= 4 is 28.6 Å². The minimum atomic E-state index is -0.437. The molecule has 0 radical (unpaired) electrons. The van der Waals surface area contributed by atoms with Crippen molar-refractivity contribution in [3.8, 4) is 5.75 Å². The Labute approximate surface area is 122 Å². The number of methoxy groups -OCH3 is 1. The van der Waals surface area contributed by atoms with Crippen molar-refractivity contribution in [2.75, 3.05) is 12.4 Å². The van der Waals surface area contributed by atoms with Crippen LogP contribution in [0.5, 0.6) is 5.75 Å². The van der Waals surface area contributed by atoms with Crippen LogP contribution in [0.15, 0.2) is 36.4 Å². The van der Waals surface area contributed by atoms with Crippen molar-refractivity contribution in [3.63, 3.8) is 0 Å². The van der Waals surface area contributed by atoms with Crippen molar-refractivity contribution in [1.82, 2.24) is 0 Å². The van der Waals surface area contributed by atoms with E-state index >= 15 is 0 Å². The maximum atomic E-state index is 13.8. The van der Waals surface area contributed by atoms with Gasteiger partial charge in [0.1, 0.15) is 16.6 Å². The van der Waals surface area contributed by atoms with Gasteiger partial charge in [0.25, 0.3) is 0 Å². The summed E-state index contributed by atoms with van der Waals surface area (Å²) >= 11 is 4.77. The smallest absolute Gasteiger partial charge is 0.135 e. The normalized spacial score (nSPS) is 10.2. The van der Waals surface area contributed by atoms with Crippen LogP contribution < -0.4 is 15.8 Å². The Morgan fingerprint density at radius 3 is 2.40 bits per heavy atom. The van der Waals surface area contributed by atoms with Crippen LogP contribution in [0, 0.1) is 12.7 Å². The predicted molar refractivity (Wildman–Crippen MR) is 83.3 cm³/mol. The molecule has 5 heteroatoms. The quantitative estimate of drug-likeness (QED) is 0.846. The Morgan fingerprint density at radius 1 is 1.20 bits per heavy atom. The highest BCUT2D eigenvalue weighted by atomic mass is 32.1. The fourth-order valence-corrected chi connectivity index (χ4v) is 2.08. The molecule has 20 heavy (non-hydrogen) atoms. The number of nitrogens with two attached hydrogens (primary N) is 1. The van der Waals surface area contributed by atoms with Crippen LogP contribution >= 0.6 is 12.2 Å². The molecule has 0 bridgehead atoms. The van der Waals surface area contributed by atoms with Gasteiger partial charge in [-0.05, 0) is 48.9 Å². The van der Waals surface area contributed by atoms with Crippen LogP contribution in [-0.2, 0) is 0 Å². The Hall–Kier alpha value is -2.14. The van der Waals surface area contributed by atoms with Gasteiger partial charge in [-0.15, -0.1) is 0 Å². The second-order valence-electron chi connectivity index (χ2n) is 4.37. The number of halogens is 1. The van der Waals surface area contributed by atoms with E-state index < -0.39 is 5.82 Å². The summed E-state index contributed by atoms with van der Waals surface area (Å²) in [4.78, 5) is 0.0503. The molecule has 2 rings (SSSR count). The third-order valence-electron chi connectivity index (χ3n) is 2.92. The lowest BCUT2D eigenvalue weighted by atomic mass is 10.1. The number of rotatable bonds is 4. The molecule has 2 aromatic rings. The Bertz CT molecular complexity index is 658. The molecule has 3 nitrogen and oxygen atoms in total. The van der Waals surface area contributed by atoms with E-state index in [0.717, 1.165) is 17.0 Å². The van der Waals surface area contributed by atoms with E-state index in [1.165, 1.54) is 6.07 Å². The molecule has 0 aliphatic rings. The first-order valence-corrected chi connectivity index (χ1v) is 6.43. The zero-order valence-corrected chi connectivity index (χ0v) is 12.1. The summed E-state index contributed by atoms with van der Waals surface area (Å²) in [7, 11) is 1.62. The molecule has 104 valence electrons. The molecule has 0 amide bonds. The molecule has 0 atom stereocenters. The number of nitrogens with one attached hydrogen (secondary N) is 1. The first-order valence-electron chi connectivity index (χ1n) is 6.02. The van der Waals surface area contributed by atoms with Crippen LogP contribution in [0.4, 0.5) is 15.8 Å². The van der Waals surface area contributed by atoms with Gasteiger partial charge in [0.05, 0.1) is 7.11 Å². The molecular weight excluding hydrogens is 275 g/mol. The van der Waals surface area contributed by atoms with Gasteiger partial charge in [-0.2, -0.15) is 0 Å². The minimum Gasteiger partial charge on any atom is -0.496 e. The van der Waals surface area contributed by atoms with E-state index in [0.29, 0.717) is 5.69 Å². The molecule has 0 aliphatic heterocycles. The lowest BCUT2D eigenvalue weighted by molar-refractivity contribution is 0.412. The van der Waals surface area contributed by atoms with Crippen molar-refractivity contribution in [2.45, 2.75) is 6.92 Å². The predicted octanol–water partition coefficient (Wildman–Crippen LogP) is 3.52. The van der Waals surface area contributed by atoms with E-state index in [4.69, 9.17) is 22.7 Å². The number of hydrogen-bond donors (Lipinski definition) is 2. The molecule has 0 saturated carbocycles. The van der Waals surface area contributed by atoms with Gasteiger partial charge in [-0.3, -0.25) is 0 Å². The highest BCUT2D eigenvalue weighted by molar-refractivity contribution is 7.80. The topological polar surface area (TPSA) is 47.3 Å². The Balaban J connectivity index is 2.24. The average molecular weight is 290 g/mol. The molecule has 3 N–H and O–H groups in total. The fraction of sp³-hybridized carbons (Fsp3) is 0.133. The van der Waals surface area contributed by atoms with E-state index in [2.05, 4.69) is 5.32 Å². The summed E-state index contributed by atoms with van der Waals surface area (Å²) < 4.78 is 19.0. The van der Waals surface area contributed by atoms with Crippen molar-refractivity contribution in [2.24, 2.45) is 5.73 Å². The van der Waals surface area contributed by atoms with Gasteiger partial charge in [0.15, 0.2) is 0 Å². The van der Waals surface area contributed by atoms with Crippen LogP contribution in [0.25, 0.3) is 0 Å². The van der Waals surface area contributed by atoms with Crippen molar-refractivity contribution in [3.05, 3.63) is 53.3 Å². The maximum absolute atomic E-state index is 13.8. The molecule has 0 saturated heterocycles. The summed E-state index contributed by atoms with van der Waals surface area (Å²) in [5, 5.41) is 3.12. The number of hydrogen-bond acceptors (Lipinski definition) is 3. The first kappa shape index (κ1) is 14.3. The van der Waals surface area contributed by atoms with E-state index in [1.807, 2.05) is 25.1 Å². The lowest BCUT2D eigenvalue weighted by Gasteiger charge is -2.11. The Morgan fingerprint density at radius 2 is 1.85 bits per heavy atom. The molecule has 0 heterocycles. The minimum absolute atomic E-state index is 0.0503. The summed E-state index contributed by atoms with van der Waals surface area (Å²) in [6, 6.07) is 10.3. The third kappa shape index (κ3) is 3.05. The van der Waals surface area contributed by atoms with Crippen molar-refractivity contribution in [1.29, 1.82) is 0 Å². The molecule has 0 fully saturated rings. The SMILES string of the molecule is COc1ccc(Nc2ccc(C(N)=S)c(F)c2)cc1C. The maximum Gasteiger partial charge on any atom is 0.135 e. The summed E-state index contributed by atoms with van der Waals surface area (Å²) in [5.41, 5.74) is 8.15. The second-order valence-corrected chi connectivity index (χ2v) is 4.81. The average Bonchev–Trinajstić information content (AvgIpc) is 2.38. The monoisotopic (exact) mass is 290 g/mol. The Kier molecular flexibility index (Phi) is 4.20. The van der Waals surface area contributed by atoms with Crippen LogP contribution in [0.1, 0.15) is 11.1 Å². The molecule has 0 spiro atoms. The number of thiocarbonyl (C=S) groups is 1. The van der Waals surface area contributed by atoms with Crippen LogP contribution in [0.3, 0.4) is 0 Å². The van der Waals surface area contributed by atoms with Crippen LogP contribution in [-0.4, -0.2) is 12.1 Å². The fourth-order valence-electron chi connectivity index (χ4n) is 1.92. The second kappa shape index (κ2) is 5.88. The molecule has 0 unspecified atom stereocenters. The van der Waals surface area contributed by atoms with E-state index in [-0.39, 0.29) is 10.6 Å². The lowest BCUT2D eigenvalue weighted by Crippen LogP contribution is -2.11. The van der Waals surface area contributed by atoms with Gasteiger partial charge in [0, 0.05) is 16.9 Å². The molecular formula is C15H15FN2OS. The van der Waals surface area contributed by atoms with Gasteiger partial charge in [-0.25, -0.2) is 4.39 Å². The van der Waals surface area contributed by atoms with Gasteiger partial charge < -0.3 is 15.8 Å². The first-order chi connectivity index (χ1) is 9.51. The summed E-state index contributed by atoms with van der Waals surface area (Å²) in [6.45, 7) is 1.94. The van der Waals surface area contributed by atoms with Gasteiger partial charge in [-0.1, -0.05) is 12.2 Å². The van der Waals surface area contributed by atoms with Gasteiger partial charge in [0.2, 0.25) is 0 Å². The summed E-state index contributed by atoms with van der Waals surface area (Å²) in [5.74, 6) is 0.373. The standard InChI is InChI=1S/C15H15FN2OS/c1-9-7-10(4-6-14(9)19-2)18-11-3-5-12(15(17)20)13(16)8-11/h3-8,18H,1-2H3,(H2,17,20). The number of aryl methyl sites for hydroxylation is 1. The largest absolute Gasteiger partial charge is 0.496 e. The highest BCUT2D eigenvalue weighted by Crippen LogP contribution is 2.25. The molecule has 2 aromatic carbocycles. The zero-order chi connectivity index (χ0) is 14.7. The van der Waals surface area contributed by atoms with E-state index in [9.17, 15) is 4.39 Å². The third-order valence-corrected chi connectivity index (χ3v) is 3.14. The highest BCUT2D eigenvalue weighted by Gasteiger charge is 2.06. The zero-order valence-electron chi connectivity index (χ0n) is 11.2. The number of benzene rings is 2. The van der Waals surface area contributed by atoms with E-state index in [1.54, 1.807) is 19.2 Å². The summed E-state index contributed by atoms with van der Waals surface area (Å²) in [6.07, 6.45) is 0. The van der Waals surface area contributed by atoms with Gasteiger partial charge >= 0.3 is 0 Å². The molecule has 0 aromatic heterocycles. The van der Waals surface area contributed by atoms with Crippen molar-refractivity contribution < 1.29 is 9.13 Å². The molecule has 0 aliphatic carbocycles. The number of anilines is 2.